The molecule has 0 spiro atoms. The lowest BCUT2D eigenvalue weighted by Gasteiger charge is -2.11. The largest absolute Gasteiger partial charge is 0.456 e. The number of oxazole rings is 1. The normalized spacial score (nSPS) is 11.8. The van der Waals surface area contributed by atoms with Gasteiger partial charge in [-0.2, -0.15) is 0 Å². The summed E-state index contributed by atoms with van der Waals surface area (Å²) in [5, 5.41) is 6.14. The van der Waals surface area contributed by atoms with Crippen molar-refractivity contribution in [2.45, 2.75) is 0 Å². The van der Waals surface area contributed by atoms with E-state index in [-0.39, 0.29) is 0 Å². The second-order valence-corrected chi connectivity index (χ2v) is 11.8. The third-order valence-electron chi connectivity index (χ3n) is 8.95. The fourth-order valence-electron chi connectivity index (χ4n) is 6.72. The summed E-state index contributed by atoms with van der Waals surface area (Å²) in [6.07, 6.45) is 0. The number of furan rings is 1. The van der Waals surface area contributed by atoms with Gasteiger partial charge in [-0.05, 0) is 47.2 Å². The second-order valence-electron chi connectivity index (χ2n) is 11.8. The summed E-state index contributed by atoms with van der Waals surface area (Å²) in [6, 6.07) is 48.8. The highest BCUT2D eigenvalue weighted by Gasteiger charge is 2.20. The van der Waals surface area contributed by atoms with Gasteiger partial charge < -0.3 is 8.83 Å². The Morgan fingerprint density at radius 3 is 1.83 bits per heavy atom. The number of fused-ring (bicyclic) bond motifs is 9. The molecular weight excluding hydrogens is 592 g/mol. The lowest BCUT2D eigenvalue weighted by molar-refractivity contribution is 0.623. The number of aromatic nitrogens is 4. The molecule has 0 atom stereocenters. The van der Waals surface area contributed by atoms with Crippen molar-refractivity contribution in [1.82, 2.24) is 19.9 Å². The minimum atomic E-state index is 0.581. The molecule has 0 unspecified atom stereocenters. The molecule has 10 aromatic rings. The van der Waals surface area contributed by atoms with E-state index in [4.69, 9.17) is 28.8 Å². The highest BCUT2D eigenvalue weighted by atomic mass is 16.3. The summed E-state index contributed by atoms with van der Waals surface area (Å²) in [5.41, 5.74) is 6.84. The van der Waals surface area contributed by atoms with Crippen molar-refractivity contribution in [2.24, 2.45) is 0 Å². The summed E-state index contributed by atoms with van der Waals surface area (Å²) < 4.78 is 12.7. The quantitative estimate of drug-likeness (QED) is 0.183. The molecule has 0 saturated heterocycles. The van der Waals surface area contributed by atoms with Gasteiger partial charge in [0.2, 0.25) is 5.89 Å². The molecule has 48 heavy (non-hydrogen) atoms. The van der Waals surface area contributed by atoms with Gasteiger partial charge in [0, 0.05) is 43.8 Å². The van der Waals surface area contributed by atoms with Crippen LogP contribution >= 0.6 is 0 Å². The Balaban J connectivity index is 1.22. The van der Waals surface area contributed by atoms with Gasteiger partial charge in [0.05, 0.1) is 0 Å². The molecule has 3 heterocycles. The van der Waals surface area contributed by atoms with Crippen LogP contribution in [0.2, 0.25) is 0 Å². The molecule has 0 saturated carbocycles. The molecule has 0 aliphatic carbocycles. The van der Waals surface area contributed by atoms with E-state index in [1.807, 2.05) is 97.1 Å². The van der Waals surface area contributed by atoms with Crippen LogP contribution in [0.1, 0.15) is 0 Å². The first-order valence-corrected chi connectivity index (χ1v) is 15.8. The van der Waals surface area contributed by atoms with Crippen LogP contribution in [-0.4, -0.2) is 19.9 Å². The number of nitrogens with zero attached hydrogens (tertiary/aromatic N) is 4. The predicted molar refractivity (Wildman–Crippen MR) is 191 cm³/mol. The Bertz CT molecular complexity index is 2840. The lowest BCUT2D eigenvalue weighted by atomic mass is 9.98. The SMILES string of the molecule is c1ccc(-c2nc(-c3ccc4c(c3)c3ccccc3c3nc(-c5ccccc5)oc43)nc(-c3cccc4oc5ccccc5c34)n2)cc1. The smallest absolute Gasteiger partial charge is 0.227 e. The average molecular weight is 617 g/mol. The molecule has 0 fully saturated rings. The standard InChI is InChI=1S/C42H24N4O2/c1-3-12-25(13-4-1)39-44-40(46-41(45-39)32-19-11-21-35-36(32)31-18-9-10-20-34(31)47-35)27-22-23-30-33(24-27)28-16-7-8-17-29(28)37-38(30)48-42(43-37)26-14-5-2-6-15-26/h1-24H. The Kier molecular flexibility index (Phi) is 5.77. The van der Waals surface area contributed by atoms with Gasteiger partial charge in [0.25, 0.3) is 0 Å². The summed E-state index contributed by atoms with van der Waals surface area (Å²) in [4.78, 5) is 20.2. The van der Waals surface area contributed by atoms with Crippen molar-refractivity contribution in [3.8, 4) is 45.6 Å². The molecule has 3 aromatic heterocycles. The number of hydrogen-bond acceptors (Lipinski definition) is 6. The van der Waals surface area contributed by atoms with Crippen LogP contribution in [0, 0.1) is 0 Å². The van der Waals surface area contributed by atoms with Crippen molar-refractivity contribution < 1.29 is 8.83 Å². The van der Waals surface area contributed by atoms with E-state index < -0.39 is 0 Å². The molecule has 0 amide bonds. The number of hydrogen-bond donors (Lipinski definition) is 0. The van der Waals surface area contributed by atoms with Gasteiger partial charge in [-0.1, -0.05) is 109 Å². The van der Waals surface area contributed by atoms with Crippen LogP contribution in [0.25, 0.3) is 100 Å². The number of para-hydroxylation sites is 1. The van der Waals surface area contributed by atoms with Crippen LogP contribution in [0.5, 0.6) is 0 Å². The topological polar surface area (TPSA) is 77.8 Å². The van der Waals surface area contributed by atoms with E-state index in [9.17, 15) is 0 Å². The summed E-state index contributed by atoms with van der Waals surface area (Å²) in [7, 11) is 0. The van der Waals surface area contributed by atoms with E-state index >= 15 is 0 Å². The monoisotopic (exact) mass is 616 g/mol. The molecule has 6 heteroatoms. The van der Waals surface area contributed by atoms with Gasteiger partial charge in [-0.3, -0.25) is 0 Å². The van der Waals surface area contributed by atoms with Gasteiger partial charge in [-0.15, -0.1) is 0 Å². The minimum Gasteiger partial charge on any atom is -0.456 e. The third-order valence-corrected chi connectivity index (χ3v) is 8.95. The fourth-order valence-corrected chi connectivity index (χ4v) is 6.72. The lowest BCUT2D eigenvalue weighted by Crippen LogP contribution is -2.00. The van der Waals surface area contributed by atoms with Crippen molar-refractivity contribution in [3.63, 3.8) is 0 Å². The average Bonchev–Trinajstić information content (AvgIpc) is 3.78. The maximum absolute atomic E-state index is 6.48. The van der Waals surface area contributed by atoms with Gasteiger partial charge in [-0.25, -0.2) is 19.9 Å². The molecule has 0 N–H and O–H groups in total. The Hall–Kier alpha value is -6.66. The summed E-state index contributed by atoms with van der Waals surface area (Å²) >= 11 is 0. The zero-order chi connectivity index (χ0) is 31.6. The Morgan fingerprint density at radius 2 is 1.02 bits per heavy atom. The van der Waals surface area contributed by atoms with E-state index in [1.165, 1.54) is 0 Å². The highest BCUT2D eigenvalue weighted by Crippen LogP contribution is 2.40. The molecule has 6 nitrogen and oxygen atoms in total. The van der Waals surface area contributed by atoms with Crippen LogP contribution in [0.15, 0.2) is 154 Å². The van der Waals surface area contributed by atoms with Crippen molar-refractivity contribution in [2.75, 3.05) is 0 Å². The van der Waals surface area contributed by atoms with E-state index in [0.717, 1.165) is 76.8 Å². The van der Waals surface area contributed by atoms with Gasteiger partial charge >= 0.3 is 0 Å². The molecule has 7 aromatic carbocycles. The fraction of sp³-hybridized carbons (Fsp3) is 0. The van der Waals surface area contributed by atoms with Crippen LogP contribution < -0.4 is 0 Å². The van der Waals surface area contributed by atoms with Gasteiger partial charge in [0.15, 0.2) is 23.1 Å². The van der Waals surface area contributed by atoms with Crippen molar-refractivity contribution >= 4 is 54.6 Å². The van der Waals surface area contributed by atoms with Crippen molar-refractivity contribution in [1.29, 1.82) is 0 Å². The first kappa shape index (κ1) is 26.5. The summed E-state index contributed by atoms with van der Waals surface area (Å²) in [6.45, 7) is 0. The molecule has 0 radical (unpaired) electrons. The van der Waals surface area contributed by atoms with Gasteiger partial charge in [0.1, 0.15) is 16.7 Å². The van der Waals surface area contributed by atoms with E-state index in [2.05, 4.69) is 48.5 Å². The molecule has 0 aliphatic rings. The predicted octanol–water partition coefficient (Wildman–Crippen LogP) is 10.9. The molecule has 10 rings (SSSR count). The van der Waals surface area contributed by atoms with Crippen molar-refractivity contribution in [3.05, 3.63) is 146 Å². The molecule has 224 valence electrons. The zero-order valence-corrected chi connectivity index (χ0v) is 25.5. The molecule has 0 aliphatic heterocycles. The van der Waals surface area contributed by atoms with Crippen LogP contribution in [0.4, 0.5) is 0 Å². The number of benzene rings is 7. The van der Waals surface area contributed by atoms with Crippen LogP contribution in [0.3, 0.4) is 0 Å². The first-order chi connectivity index (χ1) is 23.8. The third kappa shape index (κ3) is 4.13. The second kappa shape index (κ2) is 10.4. The Morgan fingerprint density at radius 1 is 0.375 bits per heavy atom. The zero-order valence-electron chi connectivity index (χ0n) is 25.5. The Labute approximate surface area is 274 Å². The highest BCUT2D eigenvalue weighted by molar-refractivity contribution is 6.23. The maximum Gasteiger partial charge on any atom is 0.227 e. The molecule has 0 bridgehead atoms. The van der Waals surface area contributed by atoms with E-state index in [0.29, 0.717) is 23.4 Å². The molecular formula is C42H24N4O2. The minimum absolute atomic E-state index is 0.581. The van der Waals surface area contributed by atoms with Crippen LogP contribution in [-0.2, 0) is 0 Å². The summed E-state index contributed by atoms with van der Waals surface area (Å²) in [5.74, 6) is 2.36. The maximum atomic E-state index is 6.48. The van der Waals surface area contributed by atoms with E-state index in [1.54, 1.807) is 0 Å². The number of rotatable bonds is 4. The first-order valence-electron chi connectivity index (χ1n) is 15.8.